The number of rotatable bonds is 6. The van der Waals surface area contributed by atoms with Crippen molar-refractivity contribution >= 4 is 51.2 Å². The molecule has 0 unspecified atom stereocenters. The van der Waals surface area contributed by atoms with Gasteiger partial charge in [-0.3, -0.25) is 9.69 Å². The summed E-state index contributed by atoms with van der Waals surface area (Å²) in [4.78, 5) is 22.7. The first-order valence-electron chi connectivity index (χ1n) is 7.53. The molecule has 0 saturated carbocycles. The smallest absolute Gasteiger partial charge is 0.230 e. The number of hydrogen-bond acceptors (Lipinski definition) is 6. The second-order valence-corrected chi connectivity index (χ2v) is 8.04. The molecule has 0 aliphatic heterocycles. The summed E-state index contributed by atoms with van der Waals surface area (Å²) in [5.41, 5.74) is 3.07. The summed E-state index contributed by atoms with van der Waals surface area (Å²) >= 11 is 4.78. The third-order valence-electron chi connectivity index (χ3n) is 3.40. The average molecular weight is 376 g/mol. The SMILES string of the molecule is CCc1ccc(N(C(C)=O)c2nc(CSc3nccs3)cs2)cc1. The van der Waals surface area contributed by atoms with E-state index in [1.54, 1.807) is 41.1 Å². The zero-order chi connectivity index (χ0) is 16.9. The number of aromatic nitrogens is 2. The Balaban J connectivity index is 1.77. The molecule has 2 heterocycles. The minimum atomic E-state index is -0.0345. The number of aryl methyl sites for hydroxylation is 1. The van der Waals surface area contributed by atoms with Crippen molar-refractivity contribution in [3.63, 3.8) is 0 Å². The standard InChI is InChI=1S/C17H17N3OS3/c1-3-13-4-6-15(7-5-13)20(12(2)21)16-19-14(10-23-16)11-24-17-18-8-9-22-17/h4-10H,3,11H2,1-2H3. The van der Waals surface area contributed by atoms with Gasteiger partial charge < -0.3 is 0 Å². The first kappa shape index (κ1) is 17.1. The summed E-state index contributed by atoms with van der Waals surface area (Å²) in [6.07, 6.45) is 2.78. The van der Waals surface area contributed by atoms with Crippen LogP contribution in [-0.4, -0.2) is 15.9 Å². The van der Waals surface area contributed by atoms with Crippen LogP contribution in [0.4, 0.5) is 10.8 Å². The van der Waals surface area contributed by atoms with E-state index in [2.05, 4.69) is 29.0 Å². The zero-order valence-electron chi connectivity index (χ0n) is 13.4. The van der Waals surface area contributed by atoms with Crippen molar-refractivity contribution in [2.24, 2.45) is 0 Å². The fourth-order valence-corrected chi connectivity index (χ4v) is 4.71. The fourth-order valence-electron chi connectivity index (χ4n) is 2.19. The average Bonchev–Trinajstić information content (AvgIpc) is 3.25. The molecule has 24 heavy (non-hydrogen) atoms. The van der Waals surface area contributed by atoms with Crippen LogP contribution in [0.2, 0.25) is 0 Å². The highest BCUT2D eigenvalue weighted by molar-refractivity contribution is 8.00. The van der Waals surface area contributed by atoms with Gasteiger partial charge in [0, 0.05) is 29.6 Å². The molecule has 0 aliphatic rings. The molecule has 1 aromatic carbocycles. The molecule has 0 saturated heterocycles. The summed E-state index contributed by atoms with van der Waals surface area (Å²) in [5, 5.41) is 4.68. The number of thiazole rings is 2. The lowest BCUT2D eigenvalue weighted by Crippen LogP contribution is -2.22. The van der Waals surface area contributed by atoms with Crippen LogP contribution in [0.1, 0.15) is 25.1 Å². The van der Waals surface area contributed by atoms with Gasteiger partial charge in [0.05, 0.1) is 11.4 Å². The van der Waals surface area contributed by atoms with Crippen LogP contribution in [0.3, 0.4) is 0 Å². The zero-order valence-corrected chi connectivity index (χ0v) is 15.9. The van der Waals surface area contributed by atoms with Crippen molar-refractivity contribution < 1.29 is 4.79 Å². The Labute approximate surface area is 153 Å². The molecular weight excluding hydrogens is 358 g/mol. The van der Waals surface area contributed by atoms with Gasteiger partial charge in [-0.1, -0.05) is 30.8 Å². The van der Waals surface area contributed by atoms with E-state index >= 15 is 0 Å². The Bertz CT molecular complexity index is 797. The van der Waals surface area contributed by atoms with Crippen LogP contribution in [0.15, 0.2) is 45.6 Å². The molecule has 0 bridgehead atoms. The van der Waals surface area contributed by atoms with Crippen molar-refractivity contribution in [3.8, 4) is 0 Å². The summed E-state index contributed by atoms with van der Waals surface area (Å²) in [5.74, 6) is 0.720. The summed E-state index contributed by atoms with van der Waals surface area (Å²) < 4.78 is 1.03. The highest BCUT2D eigenvalue weighted by Gasteiger charge is 2.18. The minimum absolute atomic E-state index is 0.0345. The third-order valence-corrected chi connectivity index (χ3v) is 6.28. The van der Waals surface area contributed by atoms with Gasteiger partial charge in [-0.25, -0.2) is 9.97 Å². The molecule has 0 aliphatic carbocycles. The lowest BCUT2D eigenvalue weighted by Gasteiger charge is -2.18. The van der Waals surface area contributed by atoms with Crippen LogP contribution in [0.25, 0.3) is 0 Å². The first-order valence-corrected chi connectivity index (χ1v) is 10.3. The highest BCUT2D eigenvalue weighted by Crippen LogP contribution is 2.31. The van der Waals surface area contributed by atoms with Crippen LogP contribution in [0, 0.1) is 0 Å². The monoisotopic (exact) mass is 375 g/mol. The number of carbonyl (C=O) groups is 1. The number of thioether (sulfide) groups is 1. The van der Waals surface area contributed by atoms with Gasteiger partial charge in [0.25, 0.3) is 0 Å². The van der Waals surface area contributed by atoms with Gasteiger partial charge in [0.2, 0.25) is 5.91 Å². The molecule has 4 nitrogen and oxygen atoms in total. The molecule has 0 radical (unpaired) electrons. The molecular formula is C17H17N3OS3. The normalized spacial score (nSPS) is 10.8. The van der Waals surface area contributed by atoms with E-state index in [1.165, 1.54) is 16.9 Å². The quantitative estimate of drug-likeness (QED) is 0.560. The maximum atomic E-state index is 12.1. The number of hydrogen-bond donors (Lipinski definition) is 0. The summed E-state index contributed by atoms with van der Waals surface area (Å²) in [7, 11) is 0. The highest BCUT2D eigenvalue weighted by atomic mass is 32.2. The largest absolute Gasteiger partial charge is 0.274 e. The number of nitrogens with zero attached hydrogens (tertiary/aromatic N) is 3. The second kappa shape index (κ2) is 7.92. The molecule has 3 rings (SSSR count). The molecule has 1 amide bonds. The predicted molar refractivity (Wildman–Crippen MR) is 102 cm³/mol. The molecule has 7 heteroatoms. The number of benzene rings is 1. The molecule has 2 aromatic heterocycles. The van der Waals surface area contributed by atoms with Gasteiger partial charge in [0.1, 0.15) is 4.34 Å². The molecule has 0 spiro atoms. The second-order valence-electron chi connectivity index (χ2n) is 5.08. The molecule has 124 valence electrons. The van der Waals surface area contributed by atoms with Crippen LogP contribution < -0.4 is 4.90 Å². The van der Waals surface area contributed by atoms with E-state index < -0.39 is 0 Å². The fraction of sp³-hybridized carbons (Fsp3) is 0.235. The van der Waals surface area contributed by atoms with Crippen molar-refractivity contribution in [2.45, 2.75) is 30.4 Å². The van der Waals surface area contributed by atoms with Gasteiger partial charge in [-0.15, -0.1) is 22.7 Å². The van der Waals surface area contributed by atoms with Gasteiger partial charge in [0.15, 0.2) is 5.13 Å². The third kappa shape index (κ3) is 4.03. The van der Waals surface area contributed by atoms with E-state index in [0.717, 1.165) is 27.9 Å². The van der Waals surface area contributed by atoms with E-state index in [-0.39, 0.29) is 5.91 Å². The van der Waals surface area contributed by atoms with E-state index in [9.17, 15) is 4.79 Å². The number of anilines is 2. The van der Waals surface area contributed by atoms with Crippen molar-refractivity contribution in [3.05, 3.63) is 52.5 Å². The maximum Gasteiger partial charge on any atom is 0.230 e. The van der Waals surface area contributed by atoms with Crippen LogP contribution >= 0.6 is 34.4 Å². The van der Waals surface area contributed by atoms with Crippen LogP contribution in [-0.2, 0) is 17.0 Å². The number of carbonyl (C=O) groups excluding carboxylic acids is 1. The predicted octanol–water partition coefficient (Wildman–Crippen LogP) is 5.14. The molecule has 3 aromatic rings. The Hall–Kier alpha value is -1.70. The van der Waals surface area contributed by atoms with Crippen molar-refractivity contribution in [1.29, 1.82) is 0 Å². The van der Waals surface area contributed by atoms with E-state index in [1.807, 2.05) is 22.9 Å². The topological polar surface area (TPSA) is 46.1 Å². The Kier molecular flexibility index (Phi) is 5.65. The van der Waals surface area contributed by atoms with E-state index in [4.69, 9.17) is 0 Å². The van der Waals surface area contributed by atoms with E-state index in [0.29, 0.717) is 5.13 Å². The van der Waals surface area contributed by atoms with Crippen molar-refractivity contribution in [1.82, 2.24) is 9.97 Å². The summed E-state index contributed by atoms with van der Waals surface area (Å²) in [6, 6.07) is 8.06. The first-order chi connectivity index (χ1) is 11.7. The number of amides is 1. The van der Waals surface area contributed by atoms with Gasteiger partial charge >= 0.3 is 0 Å². The maximum absolute atomic E-state index is 12.1. The summed E-state index contributed by atoms with van der Waals surface area (Å²) in [6.45, 7) is 3.68. The van der Waals surface area contributed by atoms with Gasteiger partial charge in [-0.2, -0.15) is 0 Å². The Morgan fingerprint density at radius 2 is 2.04 bits per heavy atom. The molecule has 0 atom stereocenters. The van der Waals surface area contributed by atoms with Crippen LogP contribution in [0.5, 0.6) is 0 Å². The molecule has 0 fully saturated rings. The van der Waals surface area contributed by atoms with Gasteiger partial charge in [-0.05, 0) is 24.1 Å². The van der Waals surface area contributed by atoms with Crippen molar-refractivity contribution in [2.75, 3.05) is 4.90 Å². The lowest BCUT2D eigenvalue weighted by molar-refractivity contribution is -0.115. The minimum Gasteiger partial charge on any atom is -0.274 e. The Morgan fingerprint density at radius 1 is 1.25 bits per heavy atom. The Morgan fingerprint density at radius 3 is 2.67 bits per heavy atom. The lowest BCUT2D eigenvalue weighted by atomic mass is 10.1. The molecule has 0 N–H and O–H groups in total.